The van der Waals surface area contributed by atoms with Gasteiger partial charge >= 0.3 is 5.97 Å². The molecule has 0 fully saturated rings. The van der Waals surface area contributed by atoms with Crippen LogP contribution in [-0.4, -0.2) is 12.6 Å². The molecular formula is C18H19ClO3. The van der Waals surface area contributed by atoms with Crippen molar-refractivity contribution in [1.82, 2.24) is 0 Å². The molecule has 4 heteroatoms. The maximum Gasteiger partial charge on any atom is 0.315 e. The highest BCUT2D eigenvalue weighted by atomic mass is 35.5. The van der Waals surface area contributed by atoms with Crippen LogP contribution in [-0.2, 0) is 17.6 Å². The van der Waals surface area contributed by atoms with E-state index in [2.05, 4.69) is 6.92 Å². The van der Waals surface area contributed by atoms with Crippen molar-refractivity contribution in [3.63, 3.8) is 0 Å². The molecule has 0 aliphatic carbocycles. The lowest BCUT2D eigenvalue weighted by molar-refractivity contribution is -0.133. The summed E-state index contributed by atoms with van der Waals surface area (Å²) in [6.45, 7) is 4.49. The molecule has 0 saturated carbocycles. The molecule has 2 aromatic carbocycles. The average molecular weight is 319 g/mol. The Hall–Kier alpha value is -2.00. The van der Waals surface area contributed by atoms with Crippen LogP contribution in [0.4, 0.5) is 0 Å². The Morgan fingerprint density at radius 1 is 1.00 bits per heavy atom. The first-order chi connectivity index (χ1) is 10.6. The lowest BCUT2D eigenvalue weighted by Crippen LogP contribution is -2.12. The number of benzene rings is 2. The molecular weight excluding hydrogens is 300 g/mol. The van der Waals surface area contributed by atoms with Crippen molar-refractivity contribution in [3.05, 3.63) is 58.6 Å². The molecule has 0 atom stereocenters. The summed E-state index contributed by atoms with van der Waals surface area (Å²) in [7, 11) is 0. The first-order valence-electron chi connectivity index (χ1n) is 7.33. The molecule has 0 spiro atoms. The Labute approximate surface area is 135 Å². The van der Waals surface area contributed by atoms with E-state index in [4.69, 9.17) is 21.1 Å². The highest BCUT2D eigenvalue weighted by Gasteiger charge is 2.12. The molecule has 0 aromatic heterocycles. The van der Waals surface area contributed by atoms with E-state index >= 15 is 0 Å². The molecule has 0 N–H and O–H groups in total. The van der Waals surface area contributed by atoms with Gasteiger partial charge in [0.05, 0.1) is 13.0 Å². The minimum atomic E-state index is -0.326. The number of halogens is 1. The van der Waals surface area contributed by atoms with Gasteiger partial charge in [0.1, 0.15) is 0 Å². The fourth-order valence-corrected chi connectivity index (χ4v) is 2.18. The topological polar surface area (TPSA) is 35.5 Å². The normalized spacial score (nSPS) is 10.3. The van der Waals surface area contributed by atoms with Gasteiger partial charge in [0.15, 0.2) is 11.5 Å². The standard InChI is InChI=1S/C18H19ClO3/c1-3-13-7-10-16(17(11-13)21-4-2)22-18(20)12-14-5-8-15(19)9-6-14/h5-11H,3-4,12H2,1-2H3. The number of rotatable bonds is 6. The van der Waals surface area contributed by atoms with Crippen LogP contribution in [0.3, 0.4) is 0 Å². The second-order valence-electron chi connectivity index (χ2n) is 4.84. The number of aryl methyl sites for hydroxylation is 1. The van der Waals surface area contributed by atoms with Gasteiger partial charge in [-0.25, -0.2) is 0 Å². The van der Waals surface area contributed by atoms with E-state index in [9.17, 15) is 4.79 Å². The number of carbonyl (C=O) groups excluding carboxylic acids is 1. The molecule has 2 rings (SSSR count). The first kappa shape index (κ1) is 16.4. The predicted octanol–water partition coefficient (Wildman–Crippen LogP) is 4.45. The summed E-state index contributed by atoms with van der Waals surface area (Å²) in [4.78, 5) is 12.1. The molecule has 22 heavy (non-hydrogen) atoms. The largest absolute Gasteiger partial charge is 0.490 e. The Balaban J connectivity index is 2.08. The lowest BCUT2D eigenvalue weighted by atomic mass is 10.1. The minimum Gasteiger partial charge on any atom is -0.490 e. The average Bonchev–Trinajstić information content (AvgIpc) is 2.51. The molecule has 0 bridgehead atoms. The zero-order valence-corrected chi connectivity index (χ0v) is 13.5. The lowest BCUT2D eigenvalue weighted by Gasteiger charge is -2.12. The van der Waals surface area contributed by atoms with E-state index < -0.39 is 0 Å². The van der Waals surface area contributed by atoms with Crippen molar-refractivity contribution < 1.29 is 14.3 Å². The van der Waals surface area contributed by atoms with E-state index in [1.165, 1.54) is 0 Å². The van der Waals surface area contributed by atoms with Crippen LogP contribution in [0, 0.1) is 0 Å². The van der Waals surface area contributed by atoms with Gasteiger partial charge in [0.2, 0.25) is 0 Å². The maximum atomic E-state index is 12.1. The van der Waals surface area contributed by atoms with Crippen LogP contribution in [0.25, 0.3) is 0 Å². The summed E-state index contributed by atoms with van der Waals surface area (Å²) in [6.07, 6.45) is 1.09. The van der Waals surface area contributed by atoms with E-state index in [0.717, 1.165) is 17.5 Å². The number of hydrogen-bond donors (Lipinski definition) is 0. The number of carbonyl (C=O) groups is 1. The summed E-state index contributed by atoms with van der Waals surface area (Å²) in [6, 6.07) is 12.8. The number of ether oxygens (including phenoxy) is 2. The second kappa shape index (κ2) is 7.85. The van der Waals surface area contributed by atoms with Crippen LogP contribution in [0.1, 0.15) is 25.0 Å². The summed E-state index contributed by atoms with van der Waals surface area (Å²) < 4.78 is 11.0. The molecule has 0 radical (unpaired) electrons. The monoisotopic (exact) mass is 318 g/mol. The van der Waals surface area contributed by atoms with Crippen molar-refractivity contribution in [2.45, 2.75) is 26.7 Å². The molecule has 0 saturated heterocycles. The molecule has 116 valence electrons. The van der Waals surface area contributed by atoms with E-state index in [0.29, 0.717) is 23.1 Å². The number of esters is 1. The van der Waals surface area contributed by atoms with Crippen LogP contribution in [0.5, 0.6) is 11.5 Å². The Morgan fingerprint density at radius 2 is 1.68 bits per heavy atom. The fraction of sp³-hybridized carbons (Fsp3) is 0.278. The maximum absolute atomic E-state index is 12.1. The fourth-order valence-electron chi connectivity index (χ4n) is 2.05. The van der Waals surface area contributed by atoms with Gasteiger partial charge in [0.25, 0.3) is 0 Å². The van der Waals surface area contributed by atoms with Gasteiger partial charge in [-0.05, 0) is 48.7 Å². The van der Waals surface area contributed by atoms with Crippen molar-refractivity contribution in [2.75, 3.05) is 6.61 Å². The van der Waals surface area contributed by atoms with E-state index in [1.807, 2.05) is 31.2 Å². The van der Waals surface area contributed by atoms with Crippen LogP contribution >= 0.6 is 11.6 Å². The Bertz CT molecular complexity index is 635. The van der Waals surface area contributed by atoms with E-state index in [1.54, 1.807) is 18.2 Å². The predicted molar refractivity (Wildman–Crippen MR) is 87.8 cm³/mol. The second-order valence-corrected chi connectivity index (χ2v) is 5.28. The molecule has 0 unspecified atom stereocenters. The zero-order chi connectivity index (χ0) is 15.9. The van der Waals surface area contributed by atoms with Crippen molar-refractivity contribution in [1.29, 1.82) is 0 Å². The van der Waals surface area contributed by atoms with Gasteiger partial charge in [-0.15, -0.1) is 0 Å². The smallest absolute Gasteiger partial charge is 0.315 e. The van der Waals surface area contributed by atoms with Crippen LogP contribution < -0.4 is 9.47 Å². The first-order valence-corrected chi connectivity index (χ1v) is 7.71. The van der Waals surface area contributed by atoms with Gasteiger partial charge in [-0.2, -0.15) is 0 Å². The summed E-state index contributed by atoms with van der Waals surface area (Å²) in [5, 5.41) is 0.644. The quantitative estimate of drug-likeness (QED) is 0.583. The third kappa shape index (κ3) is 4.50. The summed E-state index contributed by atoms with van der Waals surface area (Å²) in [5.41, 5.74) is 2.00. The summed E-state index contributed by atoms with van der Waals surface area (Å²) >= 11 is 5.83. The van der Waals surface area contributed by atoms with Gasteiger partial charge in [0, 0.05) is 5.02 Å². The van der Waals surface area contributed by atoms with Crippen LogP contribution in [0.2, 0.25) is 5.02 Å². The third-order valence-electron chi connectivity index (χ3n) is 3.20. The van der Waals surface area contributed by atoms with Gasteiger partial charge in [-0.1, -0.05) is 36.7 Å². The van der Waals surface area contributed by atoms with Gasteiger partial charge in [-0.3, -0.25) is 4.79 Å². The Morgan fingerprint density at radius 3 is 2.32 bits per heavy atom. The third-order valence-corrected chi connectivity index (χ3v) is 3.45. The van der Waals surface area contributed by atoms with Crippen molar-refractivity contribution in [2.24, 2.45) is 0 Å². The molecule has 0 aliphatic heterocycles. The highest BCUT2D eigenvalue weighted by Crippen LogP contribution is 2.29. The van der Waals surface area contributed by atoms with Gasteiger partial charge < -0.3 is 9.47 Å². The molecule has 0 heterocycles. The highest BCUT2D eigenvalue weighted by molar-refractivity contribution is 6.30. The molecule has 0 aliphatic rings. The Kier molecular flexibility index (Phi) is 5.84. The zero-order valence-electron chi connectivity index (χ0n) is 12.8. The molecule has 2 aromatic rings. The van der Waals surface area contributed by atoms with Crippen molar-refractivity contribution in [3.8, 4) is 11.5 Å². The summed E-state index contributed by atoms with van der Waals surface area (Å²) in [5.74, 6) is 0.733. The van der Waals surface area contributed by atoms with E-state index in [-0.39, 0.29) is 12.4 Å². The SMILES string of the molecule is CCOc1cc(CC)ccc1OC(=O)Cc1ccc(Cl)cc1. The minimum absolute atomic E-state index is 0.193. The van der Waals surface area contributed by atoms with Crippen LogP contribution in [0.15, 0.2) is 42.5 Å². The van der Waals surface area contributed by atoms with Crippen molar-refractivity contribution >= 4 is 17.6 Å². The number of hydrogen-bond acceptors (Lipinski definition) is 3. The molecule has 0 amide bonds. The molecule has 3 nitrogen and oxygen atoms in total.